The van der Waals surface area contributed by atoms with Crippen molar-refractivity contribution in [3.8, 4) is 11.8 Å². The van der Waals surface area contributed by atoms with Gasteiger partial charge in [0.05, 0.1) is 13.0 Å². The van der Waals surface area contributed by atoms with E-state index in [9.17, 15) is 4.79 Å². The molecule has 0 aromatic heterocycles. The van der Waals surface area contributed by atoms with Gasteiger partial charge in [-0.2, -0.15) is 5.26 Å². The molecule has 5 heteroatoms. The largest absolute Gasteiger partial charge is 0.479 e. The van der Waals surface area contributed by atoms with Gasteiger partial charge in [-0.25, -0.2) is 0 Å². The Bertz CT molecular complexity index is 423. The van der Waals surface area contributed by atoms with Gasteiger partial charge in [-0.05, 0) is 17.7 Å². The molecule has 0 unspecified atom stereocenters. The molecule has 1 rings (SSSR count). The SMILES string of the molecule is CN(CCO)C(=O)Cc1ccc(OCC#N)cc1. The summed E-state index contributed by atoms with van der Waals surface area (Å²) in [5.74, 6) is 0.561. The number of hydrogen-bond donors (Lipinski definition) is 1. The van der Waals surface area contributed by atoms with Crippen molar-refractivity contribution in [1.82, 2.24) is 4.90 Å². The summed E-state index contributed by atoms with van der Waals surface area (Å²) >= 11 is 0. The normalized spacial score (nSPS) is 9.61. The molecule has 0 heterocycles. The first-order valence-electron chi connectivity index (χ1n) is 5.61. The average Bonchev–Trinajstić information content (AvgIpc) is 2.38. The molecular weight excluding hydrogens is 232 g/mol. The van der Waals surface area contributed by atoms with Crippen molar-refractivity contribution in [3.05, 3.63) is 29.8 Å². The van der Waals surface area contributed by atoms with E-state index >= 15 is 0 Å². The number of aliphatic hydroxyl groups is 1. The zero-order chi connectivity index (χ0) is 13.4. The molecule has 1 N–H and O–H groups in total. The molecule has 1 amide bonds. The van der Waals surface area contributed by atoms with Gasteiger partial charge in [0.2, 0.25) is 5.91 Å². The first-order chi connectivity index (χ1) is 8.67. The minimum absolute atomic E-state index is 0.0114. The standard InChI is InChI=1S/C13H16N2O3/c1-15(7-8-16)13(17)10-11-2-4-12(5-3-11)18-9-6-14/h2-5,16H,7-10H2,1H3. The number of nitriles is 1. The molecule has 0 aliphatic heterocycles. The third-order valence-electron chi connectivity index (χ3n) is 2.44. The van der Waals surface area contributed by atoms with E-state index in [1.165, 1.54) is 4.90 Å². The van der Waals surface area contributed by atoms with Crippen molar-refractivity contribution in [3.63, 3.8) is 0 Å². The van der Waals surface area contributed by atoms with Crippen molar-refractivity contribution in [1.29, 1.82) is 5.26 Å². The molecule has 0 saturated carbocycles. The van der Waals surface area contributed by atoms with E-state index in [0.717, 1.165) is 5.56 Å². The summed E-state index contributed by atoms with van der Waals surface area (Å²) in [6, 6.07) is 8.92. The lowest BCUT2D eigenvalue weighted by Gasteiger charge is -2.15. The predicted molar refractivity (Wildman–Crippen MR) is 66.0 cm³/mol. The summed E-state index contributed by atoms with van der Waals surface area (Å²) in [5.41, 5.74) is 0.870. The van der Waals surface area contributed by atoms with E-state index in [2.05, 4.69) is 0 Å². The molecule has 5 nitrogen and oxygen atoms in total. The molecule has 0 atom stereocenters. The number of likely N-dealkylation sites (N-methyl/N-ethyl adjacent to an activating group) is 1. The summed E-state index contributed by atoms with van der Waals surface area (Å²) in [5, 5.41) is 17.1. The van der Waals surface area contributed by atoms with Gasteiger partial charge in [0, 0.05) is 13.6 Å². The van der Waals surface area contributed by atoms with Gasteiger partial charge < -0.3 is 14.7 Å². The topological polar surface area (TPSA) is 73.6 Å². The van der Waals surface area contributed by atoms with Gasteiger partial charge in [-0.1, -0.05) is 12.1 Å². The van der Waals surface area contributed by atoms with Crippen LogP contribution in [0.1, 0.15) is 5.56 Å². The second kappa shape index (κ2) is 7.30. The molecule has 18 heavy (non-hydrogen) atoms. The van der Waals surface area contributed by atoms with Crippen LogP contribution in [0.5, 0.6) is 5.75 Å². The lowest BCUT2D eigenvalue weighted by Crippen LogP contribution is -2.30. The molecule has 0 aliphatic carbocycles. The van der Waals surface area contributed by atoms with Crippen LogP contribution in [0.2, 0.25) is 0 Å². The van der Waals surface area contributed by atoms with Crippen LogP contribution < -0.4 is 4.74 Å². The van der Waals surface area contributed by atoms with Crippen molar-refractivity contribution in [2.24, 2.45) is 0 Å². The number of ether oxygens (including phenoxy) is 1. The van der Waals surface area contributed by atoms with Gasteiger partial charge in [0.15, 0.2) is 6.61 Å². The maximum atomic E-state index is 11.7. The molecule has 0 aliphatic rings. The highest BCUT2D eigenvalue weighted by Crippen LogP contribution is 2.12. The summed E-state index contributed by atoms with van der Waals surface area (Å²) in [6.45, 7) is 0.308. The van der Waals surface area contributed by atoms with E-state index in [1.807, 2.05) is 6.07 Å². The molecule has 1 aromatic carbocycles. The molecule has 1 aromatic rings. The van der Waals surface area contributed by atoms with Crippen LogP contribution in [0.25, 0.3) is 0 Å². The molecule has 0 bridgehead atoms. The Balaban J connectivity index is 2.53. The van der Waals surface area contributed by atoms with E-state index < -0.39 is 0 Å². The van der Waals surface area contributed by atoms with E-state index in [0.29, 0.717) is 12.3 Å². The van der Waals surface area contributed by atoms with E-state index in [-0.39, 0.29) is 25.5 Å². The molecule has 96 valence electrons. The average molecular weight is 248 g/mol. The second-order valence-electron chi connectivity index (χ2n) is 3.81. The van der Waals surface area contributed by atoms with E-state index in [1.54, 1.807) is 31.3 Å². The van der Waals surface area contributed by atoms with Crippen LogP contribution >= 0.6 is 0 Å². The number of nitrogens with zero attached hydrogens (tertiary/aromatic N) is 2. The smallest absolute Gasteiger partial charge is 0.226 e. The zero-order valence-corrected chi connectivity index (χ0v) is 10.3. The number of amides is 1. The molecule has 0 saturated heterocycles. The molecule has 0 radical (unpaired) electrons. The van der Waals surface area contributed by atoms with Crippen molar-refractivity contribution in [2.45, 2.75) is 6.42 Å². The third-order valence-corrected chi connectivity index (χ3v) is 2.44. The predicted octanol–water partition coefficient (Wildman–Crippen LogP) is 0.582. The van der Waals surface area contributed by atoms with E-state index in [4.69, 9.17) is 15.1 Å². The molecular formula is C13H16N2O3. The Kier molecular flexibility index (Phi) is 5.68. The van der Waals surface area contributed by atoms with Crippen LogP contribution in [-0.2, 0) is 11.2 Å². The fourth-order valence-corrected chi connectivity index (χ4v) is 1.40. The van der Waals surface area contributed by atoms with Gasteiger partial charge in [0.1, 0.15) is 11.8 Å². The summed E-state index contributed by atoms with van der Waals surface area (Å²) < 4.78 is 5.11. The van der Waals surface area contributed by atoms with Gasteiger partial charge in [0.25, 0.3) is 0 Å². The number of carbonyl (C=O) groups excluding carboxylic acids is 1. The molecule has 0 fully saturated rings. The lowest BCUT2D eigenvalue weighted by molar-refractivity contribution is -0.129. The second-order valence-corrected chi connectivity index (χ2v) is 3.81. The first kappa shape index (κ1) is 14.0. The van der Waals surface area contributed by atoms with Crippen LogP contribution in [0.15, 0.2) is 24.3 Å². The van der Waals surface area contributed by atoms with Crippen molar-refractivity contribution < 1.29 is 14.6 Å². The maximum absolute atomic E-state index is 11.7. The zero-order valence-electron chi connectivity index (χ0n) is 10.3. The number of rotatable bonds is 6. The minimum atomic E-state index is -0.0465. The Labute approximate surface area is 106 Å². The Morgan fingerprint density at radius 1 is 1.44 bits per heavy atom. The Hall–Kier alpha value is -2.06. The minimum Gasteiger partial charge on any atom is -0.479 e. The fourth-order valence-electron chi connectivity index (χ4n) is 1.40. The van der Waals surface area contributed by atoms with Crippen molar-refractivity contribution in [2.75, 3.05) is 26.8 Å². The van der Waals surface area contributed by atoms with Crippen molar-refractivity contribution >= 4 is 5.91 Å². The monoisotopic (exact) mass is 248 g/mol. The highest BCUT2D eigenvalue weighted by Gasteiger charge is 2.08. The summed E-state index contributed by atoms with van der Waals surface area (Å²) in [6.07, 6.45) is 0.287. The van der Waals surface area contributed by atoms with Crippen LogP contribution in [0.4, 0.5) is 0 Å². The summed E-state index contributed by atoms with van der Waals surface area (Å²) in [4.78, 5) is 13.2. The van der Waals surface area contributed by atoms with Crippen LogP contribution in [0.3, 0.4) is 0 Å². The first-order valence-corrected chi connectivity index (χ1v) is 5.61. The maximum Gasteiger partial charge on any atom is 0.226 e. The quantitative estimate of drug-likeness (QED) is 0.799. The third kappa shape index (κ3) is 4.44. The Morgan fingerprint density at radius 2 is 2.11 bits per heavy atom. The lowest BCUT2D eigenvalue weighted by atomic mass is 10.1. The Morgan fingerprint density at radius 3 is 2.67 bits per heavy atom. The summed E-state index contributed by atoms with van der Waals surface area (Å²) in [7, 11) is 1.66. The van der Waals surface area contributed by atoms with Crippen LogP contribution in [0, 0.1) is 11.3 Å². The number of benzene rings is 1. The van der Waals surface area contributed by atoms with Gasteiger partial charge >= 0.3 is 0 Å². The number of carbonyl (C=O) groups is 1. The van der Waals surface area contributed by atoms with Crippen LogP contribution in [-0.4, -0.2) is 42.7 Å². The van der Waals surface area contributed by atoms with Gasteiger partial charge in [-0.3, -0.25) is 4.79 Å². The number of hydrogen-bond acceptors (Lipinski definition) is 4. The number of aliphatic hydroxyl groups excluding tert-OH is 1. The highest BCUT2D eigenvalue weighted by atomic mass is 16.5. The molecule has 0 spiro atoms. The van der Waals surface area contributed by atoms with Gasteiger partial charge in [-0.15, -0.1) is 0 Å². The fraction of sp³-hybridized carbons (Fsp3) is 0.385. The highest BCUT2D eigenvalue weighted by molar-refractivity contribution is 5.78.